The van der Waals surface area contributed by atoms with E-state index in [9.17, 15) is 9.59 Å². The quantitative estimate of drug-likeness (QED) is 0.922. The summed E-state index contributed by atoms with van der Waals surface area (Å²) in [5.74, 6) is -0.0300. The van der Waals surface area contributed by atoms with Gasteiger partial charge in [-0.25, -0.2) is 0 Å². The van der Waals surface area contributed by atoms with Crippen molar-refractivity contribution in [3.05, 3.63) is 22.4 Å². The Morgan fingerprint density at radius 1 is 1.53 bits per heavy atom. The van der Waals surface area contributed by atoms with Gasteiger partial charge in [-0.15, -0.1) is 0 Å². The van der Waals surface area contributed by atoms with E-state index in [1.54, 1.807) is 11.3 Å². The standard InChI is InChI=1S/C14H20N2O2S/c1-4-14(3)13(18)16(8-11-5-6-19-9-11)10(2)7-12(17)15-14/h5-6,9-10H,4,7-8H2,1-3H3,(H,15,17). The molecule has 104 valence electrons. The lowest BCUT2D eigenvalue weighted by molar-refractivity contribution is -0.140. The van der Waals surface area contributed by atoms with Crippen LogP contribution in [0.5, 0.6) is 0 Å². The summed E-state index contributed by atoms with van der Waals surface area (Å²) in [6.07, 6.45) is 0.968. The lowest BCUT2D eigenvalue weighted by Crippen LogP contribution is -2.55. The second kappa shape index (κ2) is 5.33. The normalized spacial score (nSPS) is 28.2. The largest absolute Gasteiger partial charge is 0.342 e. The minimum atomic E-state index is -0.780. The Kier molecular flexibility index (Phi) is 3.94. The van der Waals surface area contributed by atoms with E-state index in [2.05, 4.69) is 5.32 Å². The van der Waals surface area contributed by atoms with Gasteiger partial charge in [0.1, 0.15) is 5.54 Å². The molecular formula is C14H20N2O2S. The highest BCUT2D eigenvalue weighted by Crippen LogP contribution is 2.23. The molecule has 2 heterocycles. The molecule has 2 amide bonds. The van der Waals surface area contributed by atoms with Crippen LogP contribution in [0.2, 0.25) is 0 Å². The van der Waals surface area contributed by atoms with Gasteiger partial charge < -0.3 is 10.2 Å². The highest BCUT2D eigenvalue weighted by atomic mass is 32.1. The molecule has 1 aromatic rings. The van der Waals surface area contributed by atoms with Crippen molar-refractivity contribution >= 4 is 23.2 Å². The zero-order valence-electron chi connectivity index (χ0n) is 11.6. The molecule has 1 aliphatic rings. The molecule has 1 aromatic heterocycles. The first-order valence-electron chi connectivity index (χ1n) is 6.59. The molecule has 1 saturated heterocycles. The Morgan fingerprint density at radius 3 is 2.84 bits per heavy atom. The lowest BCUT2D eigenvalue weighted by Gasteiger charge is -2.33. The average molecular weight is 280 g/mol. The summed E-state index contributed by atoms with van der Waals surface area (Å²) in [4.78, 5) is 26.4. The fraction of sp³-hybridized carbons (Fsp3) is 0.571. The summed E-state index contributed by atoms with van der Waals surface area (Å²) in [7, 11) is 0. The monoisotopic (exact) mass is 280 g/mol. The Balaban J connectivity index is 2.28. The van der Waals surface area contributed by atoms with Crippen LogP contribution in [0.3, 0.4) is 0 Å². The minimum Gasteiger partial charge on any atom is -0.342 e. The van der Waals surface area contributed by atoms with Gasteiger partial charge in [0.05, 0.1) is 0 Å². The van der Waals surface area contributed by atoms with E-state index in [0.717, 1.165) is 5.56 Å². The van der Waals surface area contributed by atoms with Gasteiger partial charge >= 0.3 is 0 Å². The van der Waals surface area contributed by atoms with E-state index < -0.39 is 5.54 Å². The van der Waals surface area contributed by atoms with Crippen molar-refractivity contribution in [2.45, 2.75) is 51.7 Å². The zero-order valence-corrected chi connectivity index (χ0v) is 12.4. The third kappa shape index (κ3) is 2.81. The number of nitrogens with one attached hydrogen (secondary N) is 1. The first-order chi connectivity index (χ1) is 8.96. The van der Waals surface area contributed by atoms with Crippen molar-refractivity contribution in [2.75, 3.05) is 0 Å². The Bertz CT molecular complexity index is 472. The van der Waals surface area contributed by atoms with E-state index in [1.807, 2.05) is 42.5 Å². The van der Waals surface area contributed by atoms with E-state index in [1.165, 1.54) is 0 Å². The topological polar surface area (TPSA) is 49.4 Å². The molecule has 19 heavy (non-hydrogen) atoms. The third-order valence-electron chi connectivity index (χ3n) is 3.80. The van der Waals surface area contributed by atoms with Crippen LogP contribution in [-0.4, -0.2) is 28.3 Å². The van der Waals surface area contributed by atoms with Crippen molar-refractivity contribution in [3.63, 3.8) is 0 Å². The first-order valence-corrected chi connectivity index (χ1v) is 7.53. The molecule has 5 heteroatoms. The second-order valence-corrected chi connectivity index (χ2v) is 6.13. The molecule has 0 spiro atoms. The Morgan fingerprint density at radius 2 is 2.26 bits per heavy atom. The number of hydrogen-bond donors (Lipinski definition) is 1. The molecule has 2 unspecified atom stereocenters. The molecule has 1 aliphatic heterocycles. The molecule has 4 nitrogen and oxygen atoms in total. The number of carbonyl (C=O) groups excluding carboxylic acids is 2. The highest BCUT2D eigenvalue weighted by Gasteiger charge is 2.41. The molecule has 2 atom stereocenters. The van der Waals surface area contributed by atoms with Gasteiger partial charge in [0.15, 0.2) is 0 Å². The van der Waals surface area contributed by atoms with Crippen LogP contribution in [0.15, 0.2) is 16.8 Å². The number of amides is 2. The summed E-state index contributed by atoms with van der Waals surface area (Å²) in [5.41, 5.74) is 0.343. The fourth-order valence-electron chi connectivity index (χ4n) is 2.35. The van der Waals surface area contributed by atoms with Crippen molar-refractivity contribution in [2.24, 2.45) is 0 Å². The van der Waals surface area contributed by atoms with Gasteiger partial charge in [0.2, 0.25) is 11.8 Å². The molecule has 1 N–H and O–H groups in total. The second-order valence-electron chi connectivity index (χ2n) is 5.35. The van der Waals surface area contributed by atoms with Gasteiger partial charge in [0, 0.05) is 19.0 Å². The molecule has 0 aromatic carbocycles. The van der Waals surface area contributed by atoms with E-state index in [4.69, 9.17) is 0 Å². The molecule has 0 saturated carbocycles. The molecule has 0 radical (unpaired) electrons. The molecule has 1 fully saturated rings. The molecule has 0 aliphatic carbocycles. The molecule has 2 rings (SSSR count). The summed E-state index contributed by atoms with van der Waals surface area (Å²) < 4.78 is 0. The summed E-state index contributed by atoms with van der Waals surface area (Å²) in [5, 5.41) is 6.92. The van der Waals surface area contributed by atoms with Crippen molar-refractivity contribution in [1.29, 1.82) is 0 Å². The van der Waals surface area contributed by atoms with Gasteiger partial charge in [-0.05, 0) is 42.7 Å². The minimum absolute atomic E-state index is 0.0135. The van der Waals surface area contributed by atoms with Gasteiger partial charge in [-0.1, -0.05) is 6.92 Å². The van der Waals surface area contributed by atoms with Crippen LogP contribution in [0.4, 0.5) is 0 Å². The molecule has 0 bridgehead atoms. The smallest absolute Gasteiger partial charge is 0.248 e. The maximum Gasteiger partial charge on any atom is 0.248 e. The van der Waals surface area contributed by atoms with Crippen LogP contribution in [0, 0.1) is 0 Å². The summed E-state index contributed by atoms with van der Waals surface area (Å²) >= 11 is 1.62. The summed E-state index contributed by atoms with van der Waals surface area (Å²) in [6, 6.07) is 1.95. The Hall–Kier alpha value is -1.36. The summed E-state index contributed by atoms with van der Waals surface area (Å²) in [6.45, 7) is 6.25. The number of rotatable bonds is 3. The predicted octanol–water partition coefficient (Wildman–Crippen LogP) is 2.15. The van der Waals surface area contributed by atoms with E-state index in [-0.39, 0.29) is 17.9 Å². The van der Waals surface area contributed by atoms with Gasteiger partial charge in [0.25, 0.3) is 0 Å². The lowest BCUT2D eigenvalue weighted by atomic mass is 9.97. The fourth-order valence-corrected chi connectivity index (χ4v) is 3.01. The highest BCUT2D eigenvalue weighted by molar-refractivity contribution is 7.07. The maximum atomic E-state index is 12.7. The van der Waals surface area contributed by atoms with Crippen molar-refractivity contribution in [3.8, 4) is 0 Å². The van der Waals surface area contributed by atoms with Gasteiger partial charge in [-0.3, -0.25) is 9.59 Å². The maximum absolute atomic E-state index is 12.7. The van der Waals surface area contributed by atoms with Crippen LogP contribution < -0.4 is 5.32 Å². The van der Waals surface area contributed by atoms with Gasteiger partial charge in [-0.2, -0.15) is 11.3 Å². The number of carbonyl (C=O) groups is 2. The third-order valence-corrected chi connectivity index (χ3v) is 4.53. The van der Waals surface area contributed by atoms with E-state index >= 15 is 0 Å². The first kappa shape index (κ1) is 14.1. The van der Waals surface area contributed by atoms with E-state index in [0.29, 0.717) is 19.4 Å². The number of thiophene rings is 1. The SMILES string of the molecule is CCC1(C)NC(=O)CC(C)N(Cc2ccsc2)C1=O. The van der Waals surface area contributed by atoms with Crippen molar-refractivity contribution < 1.29 is 9.59 Å². The van der Waals surface area contributed by atoms with Crippen LogP contribution >= 0.6 is 11.3 Å². The zero-order chi connectivity index (χ0) is 14.0. The molecular weight excluding hydrogens is 260 g/mol. The van der Waals surface area contributed by atoms with Crippen LogP contribution in [-0.2, 0) is 16.1 Å². The number of nitrogens with zero attached hydrogens (tertiary/aromatic N) is 1. The van der Waals surface area contributed by atoms with Crippen molar-refractivity contribution in [1.82, 2.24) is 10.2 Å². The van der Waals surface area contributed by atoms with Crippen LogP contribution in [0.1, 0.15) is 39.2 Å². The predicted molar refractivity (Wildman–Crippen MR) is 75.8 cm³/mol. The average Bonchev–Trinajstić information content (AvgIpc) is 2.84. The number of hydrogen-bond acceptors (Lipinski definition) is 3. The Labute approximate surface area is 117 Å². The van der Waals surface area contributed by atoms with Crippen LogP contribution in [0.25, 0.3) is 0 Å².